The summed E-state index contributed by atoms with van der Waals surface area (Å²) in [6.07, 6.45) is -4.13. The Morgan fingerprint density at radius 3 is 2.52 bits per heavy atom. The van der Waals surface area contributed by atoms with Gasteiger partial charge >= 0.3 is 6.18 Å². The Labute approximate surface area is 179 Å². The number of morpholine rings is 1. The molecule has 9 heteroatoms. The number of carbonyl (C=O) groups excluding carboxylic acids is 1. The van der Waals surface area contributed by atoms with Gasteiger partial charge in [-0.15, -0.1) is 0 Å². The van der Waals surface area contributed by atoms with Crippen LogP contribution in [0.4, 0.5) is 13.2 Å². The molecule has 0 radical (unpaired) electrons. The molecule has 1 aromatic carbocycles. The van der Waals surface area contributed by atoms with E-state index < -0.39 is 17.2 Å². The fourth-order valence-electron chi connectivity index (χ4n) is 3.42. The number of alkyl halides is 3. The zero-order valence-corrected chi connectivity index (χ0v) is 18.2. The zero-order chi connectivity index (χ0) is 22.8. The summed E-state index contributed by atoms with van der Waals surface area (Å²) < 4.78 is 51.1. The zero-order valence-electron chi connectivity index (χ0n) is 18.2. The Balaban J connectivity index is 1.58. The van der Waals surface area contributed by atoms with Gasteiger partial charge in [0, 0.05) is 31.1 Å². The van der Waals surface area contributed by atoms with Crippen LogP contribution < -0.4 is 4.74 Å². The predicted octanol–water partition coefficient (Wildman–Crippen LogP) is 4.01. The van der Waals surface area contributed by atoms with Crippen LogP contribution >= 0.6 is 0 Å². The molecular formula is C22H28F3N3O3. The average molecular weight is 439 g/mol. The summed E-state index contributed by atoms with van der Waals surface area (Å²) in [6, 6.07) is 6.55. The van der Waals surface area contributed by atoms with Crippen LogP contribution in [0.1, 0.15) is 43.8 Å². The normalized spacial score (nSPS) is 17.6. The number of aromatic nitrogens is 2. The lowest BCUT2D eigenvalue weighted by Gasteiger charge is -2.35. The van der Waals surface area contributed by atoms with Gasteiger partial charge in [0.2, 0.25) is 5.91 Å². The fourth-order valence-corrected chi connectivity index (χ4v) is 3.42. The Hall–Kier alpha value is -2.55. The van der Waals surface area contributed by atoms with Crippen LogP contribution in [0.15, 0.2) is 30.3 Å². The molecule has 1 atom stereocenters. The second-order valence-corrected chi connectivity index (χ2v) is 8.67. The SMILES string of the molecule is Cn1nc([C@H]2CN(C(=O)C(C)(C)C)CCO2)cc1CCOc1ccc(C(F)(F)F)cc1. The second-order valence-electron chi connectivity index (χ2n) is 8.67. The molecule has 2 aromatic rings. The van der Waals surface area contributed by atoms with E-state index in [2.05, 4.69) is 5.10 Å². The monoisotopic (exact) mass is 439 g/mol. The molecule has 31 heavy (non-hydrogen) atoms. The van der Waals surface area contributed by atoms with Gasteiger partial charge in [-0.05, 0) is 30.3 Å². The van der Waals surface area contributed by atoms with E-state index in [9.17, 15) is 18.0 Å². The number of rotatable bonds is 5. The third-order valence-corrected chi connectivity index (χ3v) is 5.13. The Morgan fingerprint density at radius 2 is 1.90 bits per heavy atom. The lowest BCUT2D eigenvalue weighted by molar-refractivity contribution is -0.147. The third-order valence-electron chi connectivity index (χ3n) is 5.13. The van der Waals surface area contributed by atoms with E-state index >= 15 is 0 Å². The molecule has 1 amide bonds. The Morgan fingerprint density at radius 1 is 1.23 bits per heavy atom. The molecule has 3 rings (SSSR count). The summed E-state index contributed by atoms with van der Waals surface area (Å²) in [5.74, 6) is 0.462. The van der Waals surface area contributed by atoms with Crippen LogP contribution in [-0.4, -0.2) is 46.9 Å². The quantitative estimate of drug-likeness (QED) is 0.707. The molecule has 1 aliphatic heterocycles. The van der Waals surface area contributed by atoms with Crippen molar-refractivity contribution in [2.75, 3.05) is 26.3 Å². The maximum Gasteiger partial charge on any atom is 0.416 e. The first-order chi connectivity index (χ1) is 14.4. The highest BCUT2D eigenvalue weighted by Gasteiger charge is 2.33. The van der Waals surface area contributed by atoms with E-state index in [1.165, 1.54) is 12.1 Å². The highest BCUT2D eigenvalue weighted by Crippen LogP contribution is 2.30. The number of aryl methyl sites for hydroxylation is 1. The van der Waals surface area contributed by atoms with Crippen molar-refractivity contribution in [3.8, 4) is 5.75 Å². The maximum absolute atomic E-state index is 12.6. The minimum Gasteiger partial charge on any atom is -0.493 e. The molecule has 0 bridgehead atoms. The van der Waals surface area contributed by atoms with Crippen molar-refractivity contribution in [3.63, 3.8) is 0 Å². The average Bonchev–Trinajstić information content (AvgIpc) is 3.07. The minimum absolute atomic E-state index is 0.0851. The van der Waals surface area contributed by atoms with Gasteiger partial charge in [-0.3, -0.25) is 9.48 Å². The minimum atomic E-state index is -4.36. The summed E-state index contributed by atoms with van der Waals surface area (Å²) in [5.41, 5.74) is 0.498. The number of ether oxygens (including phenoxy) is 2. The van der Waals surface area contributed by atoms with Crippen molar-refractivity contribution in [1.82, 2.24) is 14.7 Å². The molecule has 0 unspecified atom stereocenters. The number of nitrogens with zero attached hydrogens (tertiary/aromatic N) is 3. The molecule has 0 N–H and O–H groups in total. The first kappa shape index (κ1) is 23.1. The van der Waals surface area contributed by atoms with E-state index in [0.717, 1.165) is 23.5 Å². The Bertz CT molecular complexity index is 901. The van der Waals surface area contributed by atoms with E-state index in [1.54, 1.807) is 4.68 Å². The number of carbonyl (C=O) groups is 1. The molecule has 170 valence electrons. The summed E-state index contributed by atoms with van der Waals surface area (Å²) in [4.78, 5) is 14.4. The molecular weight excluding hydrogens is 411 g/mol. The predicted molar refractivity (Wildman–Crippen MR) is 109 cm³/mol. The van der Waals surface area contributed by atoms with Gasteiger partial charge in [-0.2, -0.15) is 18.3 Å². The van der Waals surface area contributed by atoms with Crippen LogP contribution in [0.25, 0.3) is 0 Å². The second kappa shape index (κ2) is 8.90. The standard InChI is InChI=1S/C22H28F3N3O3/c1-21(2,3)20(29)28-10-12-31-19(14-28)18-13-16(27(4)26-18)9-11-30-17-7-5-15(6-8-17)22(23,24)25/h5-8,13,19H,9-12,14H2,1-4H3/t19-/m1/s1. The lowest BCUT2D eigenvalue weighted by atomic mass is 9.94. The Kier molecular flexibility index (Phi) is 6.64. The van der Waals surface area contributed by atoms with Gasteiger partial charge in [-0.25, -0.2) is 0 Å². The van der Waals surface area contributed by atoms with Crippen LogP contribution in [0, 0.1) is 5.41 Å². The largest absolute Gasteiger partial charge is 0.493 e. The van der Waals surface area contributed by atoms with Crippen molar-refractivity contribution in [2.24, 2.45) is 12.5 Å². The van der Waals surface area contributed by atoms with E-state index in [-0.39, 0.29) is 12.0 Å². The van der Waals surface area contributed by atoms with E-state index in [4.69, 9.17) is 9.47 Å². The van der Waals surface area contributed by atoms with Gasteiger partial charge in [-0.1, -0.05) is 20.8 Å². The first-order valence-corrected chi connectivity index (χ1v) is 10.2. The van der Waals surface area contributed by atoms with Gasteiger partial charge in [0.1, 0.15) is 11.9 Å². The van der Waals surface area contributed by atoms with Crippen molar-refractivity contribution in [3.05, 3.63) is 47.3 Å². The van der Waals surface area contributed by atoms with Crippen LogP contribution in [-0.2, 0) is 29.2 Å². The molecule has 6 nitrogen and oxygen atoms in total. The highest BCUT2D eigenvalue weighted by molar-refractivity contribution is 5.81. The molecule has 1 aromatic heterocycles. The third kappa shape index (κ3) is 5.78. The van der Waals surface area contributed by atoms with Crippen molar-refractivity contribution in [2.45, 2.75) is 39.5 Å². The molecule has 0 spiro atoms. The molecule has 0 saturated carbocycles. The summed E-state index contributed by atoms with van der Waals surface area (Å²) >= 11 is 0. The van der Waals surface area contributed by atoms with E-state index in [0.29, 0.717) is 38.5 Å². The lowest BCUT2D eigenvalue weighted by Crippen LogP contribution is -2.47. The number of halogens is 3. The topological polar surface area (TPSA) is 56.6 Å². The maximum atomic E-state index is 12.6. The number of hydrogen-bond acceptors (Lipinski definition) is 4. The first-order valence-electron chi connectivity index (χ1n) is 10.2. The van der Waals surface area contributed by atoms with Crippen molar-refractivity contribution in [1.29, 1.82) is 0 Å². The van der Waals surface area contributed by atoms with Gasteiger partial charge in [0.15, 0.2) is 0 Å². The smallest absolute Gasteiger partial charge is 0.416 e. The van der Waals surface area contributed by atoms with E-state index in [1.807, 2.05) is 38.8 Å². The molecule has 1 aliphatic rings. The number of hydrogen-bond donors (Lipinski definition) is 0. The summed E-state index contributed by atoms with van der Waals surface area (Å²) in [5, 5.41) is 4.53. The summed E-state index contributed by atoms with van der Waals surface area (Å²) in [7, 11) is 1.82. The van der Waals surface area contributed by atoms with Crippen LogP contribution in [0.3, 0.4) is 0 Å². The summed E-state index contributed by atoms with van der Waals surface area (Å²) in [6.45, 7) is 7.46. The molecule has 2 heterocycles. The van der Waals surface area contributed by atoms with Crippen LogP contribution in [0.2, 0.25) is 0 Å². The van der Waals surface area contributed by atoms with Gasteiger partial charge in [0.25, 0.3) is 0 Å². The highest BCUT2D eigenvalue weighted by atomic mass is 19.4. The van der Waals surface area contributed by atoms with Crippen molar-refractivity contribution >= 4 is 5.91 Å². The van der Waals surface area contributed by atoms with Gasteiger partial charge in [0.05, 0.1) is 31.0 Å². The van der Waals surface area contributed by atoms with Crippen molar-refractivity contribution < 1.29 is 27.4 Å². The number of amides is 1. The fraction of sp³-hybridized carbons (Fsp3) is 0.545. The molecule has 1 saturated heterocycles. The molecule has 1 fully saturated rings. The van der Waals surface area contributed by atoms with Crippen LogP contribution in [0.5, 0.6) is 5.75 Å². The number of benzene rings is 1. The molecule has 0 aliphatic carbocycles. The van der Waals surface area contributed by atoms with Gasteiger partial charge < -0.3 is 14.4 Å².